The molecule has 4 aliphatic rings. The first-order valence-corrected chi connectivity index (χ1v) is 13.3. The molecule has 9 nitrogen and oxygen atoms in total. The minimum atomic E-state index is -1.03. The van der Waals surface area contributed by atoms with Crippen molar-refractivity contribution in [2.45, 2.75) is 89.5 Å². The fourth-order valence-corrected chi connectivity index (χ4v) is 6.48. The Labute approximate surface area is 223 Å². The number of carbonyl (C=O) groups excluding carboxylic acids is 2. The number of ether oxygens (including phenoxy) is 4. The van der Waals surface area contributed by atoms with E-state index in [4.69, 9.17) is 24.1 Å². The zero-order valence-electron chi connectivity index (χ0n) is 22.6. The van der Waals surface area contributed by atoms with Gasteiger partial charge >= 0.3 is 11.9 Å². The summed E-state index contributed by atoms with van der Waals surface area (Å²) in [6.07, 6.45) is 8.43. The number of hydrogen-bond donors (Lipinski definition) is 3. The van der Waals surface area contributed by atoms with Crippen LogP contribution in [0.1, 0.15) is 53.4 Å². The summed E-state index contributed by atoms with van der Waals surface area (Å²) >= 11 is 0. The lowest BCUT2D eigenvalue weighted by molar-refractivity contribution is -0.232. The number of aliphatic hydroxyl groups is 3. The molecule has 0 aromatic heterocycles. The van der Waals surface area contributed by atoms with Crippen molar-refractivity contribution < 1.29 is 43.9 Å². The zero-order valence-corrected chi connectivity index (χ0v) is 22.6. The average Bonchev–Trinajstić information content (AvgIpc) is 3.63. The van der Waals surface area contributed by atoms with Gasteiger partial charge in [0.2, 0.25) is 0 Å². The van der Waals surface area contributed by atoms with Crippen molar-refractivity contribution in [1.29, 1.82) is 0 Å². The van der Waals surface area contributed by atoms with Crippen LogP contribution in [0, 0.1) is 10.8 Å². The van der Waals surface area contributed by atoms with Crippen LogP contribution in [0.2, 0.25) is 0 Å². The monoisotopic (exact) mass is 532 g/mol. The van der Waals surface area contributed by atoms with Gasteiger partial charge in [-0.25, -0.2) is 9.59 Å². The molecule has 0 radical (unpaired) electrons. The Kier molecular flexibility index (Phi) is 8.35. The van der Waals surface area contributed by atoms with Gasteiger partial charge in [-0.1, -0.05) is 42.4 Å². The summed E-state index contributed by atoms with van der Waals surface area (Å²) in [5.74, 6) is -1.02. The normalized spacial score (nSPS) is 37.7. The molecule has 2 aliphatic heterocycles. The van der Waals surface area contributed by atoms with Gasteiger partial charge in [0.1, 0.15) is 18.3 Å². The second-order valence-electron chi connectivity index (χ2n) is 11.3. The molecule has 210 valence electrons. The van der Waals surface area contributed by atoms with Crippen molar-refractivity contribution in [1.82, 2.24) is 0 Å². The lowest BCUT2D eigenvalue weighted by atomic mass is 9.51. The highest BCUT2D eigenvalue weighted by Gasteiger charge is 2.83. The van der Waals surface area contributed by atoms with Gasteiger partial charge in [-0.3, -0.25) is 0 Å². The van der Waals surface area contributed by atoms with Crippen molar-refractivity contribution in [3.05, 3.63) is 47.6 Å². The first-order valence-electron chi connectivity index (χ1n) is 13.3. The predicted octanol–water partition coefficient (Wildman–Crippen LogP) is 2.30. The molecular formula is C29H40O9. The van der Waals surface area contributed by atoms with Crippen molar-refractivity contribution in [2.24, 2.45) is 10.8 Å². The quantitative estimate of drug-likeness (QED) is 0.127. The molecule has 3 N–H and O–H groups in total. The number of aliphatic hydroxyl groups excluding tert-OH is 3. The molecule has 8 atom stereocenters. The van der Waals surface area contributed by atoms with E-state index >= 15 is 0 Å². The van der Waals surface area contributed by atoms with E-state index in [1.165, 1.54) is 42.9 Å². The second-order valence-corrected chi connectivity index (χ2v) is 11.3. The fraction of sp³-hybridized carbons (Fsp3) is 0.655. The molecule has 2 saturated heterocycles. The van der Waals surface area contributed by atoms with Gasteiger partial charge in [0.25, 0.3) is 0 Å². The summed E-state index contributed by atoms with van der Waals surface area (Å²) in [7, 11) is 0. The summed E-state index contributed by atoms with van der Waals surface area (Å²) in [6, 6.07) is 0. The lowest BCUT2D eigenvalue weighted by Gasteiger charge is -2.58. The van der Waals surface area contributed by atoms with Crippen molar-refractivity contribution >= 4 is 11.9 Å². The molecule has 0 aromatic carbocycles. The number of esters is 2. The molecule has 2 heterocycles. The van der Waals surface area contributed by atoms with E-state index in [0.717, 1.165) is 12.0 Å². The molecule has 4 rings (SSSR count). The highest BCUT2D eigenvalue weighted by Crippen LogP contribution is 2.72. The number of hydrogen-bond acceptors (Lipinski definition) is 9. The molecule has 3 fully saturated rings. The van der Waals surface area contributed by atoms with Crippen LogP contribution in [-0.2, 0) is 28.5 Å². The zero-order chi connectivity index (χ0) is 27.7. The number of allylic oxidation sites excluding steroid dienone is 3. The van der Waals surface area contributed by atoms with Crippen LogP contribution in [-0.4, -0.2) is 83.2 Å². The highest BCUT2D eigenvalue weighted by molar-refractivity contribution is 5.83. The minimum absolute atomic E-state index is 0.0444. The third-order valence-corrected chi connectivity index (χ3v) is 8.96. The van der Waals surface area contributed by atoms with Crippen molar-refractivity contribution in [3.8, 4) is 0 Å². The number of rotatable bonds is 10. The Balaban J connectivity index is 1.58. The lowest BCUT2D eigenvalue weighted by Crippen LogP contribution is -2.66. The molecule has 9 heteroatoms. The topological polar surface area (TPSA) is 135 Å². The largest absolute Gasteiger partial charge is 0.462 e. The Morgan fingerprint density at radius 3 is 2.66 bits per heavy atom. The van der Waals surface area contributed by atoms with Gasteiger partial charge in [0.15, 0.2) is 0 Å². The maximum Gasteiger partial charge on any atom is 0.331 e. The fourth-order valence-electron chi connectivity index (χ4n) is 6.48. The SMILES string of the molecule is CC1=C[C@H]2O[C@@H]3C[C@@H](OC(=O)/C=C/C=C/[C@@H](O)[C@@H](C)O)[C@](C)([C@@]2(COC(=O)/C=C(\C)CCO)CC1)[C@]31CO1. The third kappa shape index (κ3) is 5.02. The third-order valence-electron chi connectivity index (χ3n) is 8.96. The number of carbonyl (C=O) groups is 2. The van der Waals surface area contributed by atoms with E-state index in [-0.39, 0.29) is 25.4 Å². The number of epoxide rings is 1. The predicted molar refractivity (Wildman–Crippen MR) is 138 cm³/mol. The maximum absolute atomic E-state index is 12.8. The van der Waals surface area contributed by atoms with Crippen LogP contribution in [0.3, 0.4) is 0 Å². The first kappa shape index (κ1) is 28.7. The smallest absolute Gasteiger partial charge is 0.331 e. The van der Waals surface area contributed by atoms with E-state index in [9.17, 15) is 19.8 Å². The van der Waals surface area contributed by atoms with Crippen LogP contribution in [0.4, 0.5) is 0 Å². The molecule has 0 unspecified atom stereocenters. The Morgan fingerprint density at radius 2 is 2.00 bits per heavy atom. The van der Waals surface area contributed by atoms with Gasteiger partial charge in [0.05, 0.1) is 36.4 Å². The van der Waals surface area contributed by atoms with Crippen LogP contribution >= 0.6 is 0 Å². The molecule has 1 spiro atoms. The van der Waals surface area contributed by atoms with E-state index in [1.54, 1.807) is 6.92 Å². The Morgan fingerprint density at radius 1 is 1.26 bits per heavy atom. The van der Waals surface area contributed by atoms with Gasteiger partial charge in [-0.2, -0.15) is 0 Å². The molecule has 2 aliphatic carbocycles. The van der Waals surface area contributed by atoms with E-state index in [1.807, 2.05) is 0 Å². The highest BCUT2D eigenvalue weighted by atomic mass is 16.6. The summed E-state index contributed by atoms with van der Waals surface area (Å²) in [6.45, 7) is 7.90. The maximum atomic E-state index is 12.8. The minimum Gasteiger partial charge on any atom is -0.462 e. The van der Waals surface area contributed by atoms with E-state index in [0.29, 0.717) is 25.9 Å². The van der Waals surface area contributed by atoms with Crippen LogP contribution in [0.15, 0.2) is 47.6 Å². The molecular weight excluding hydrogens is 492 g/mol. The van der Waals surface area contributed by atoms with E-state index < -0.39 is 46.7 Å². The Hall–Kier alpha value is -2.30. The van der Waals surface area contributed by atoms with Crippen molar-refractivity contribution in [3.63, 3.8) is 0 Å². The summed E-state index contributed by atoms with van der Waals surface area (Å²) < 4.78 is 24.6. The molecule has 38 heavy (non-hydrogen) atoms. The summed E-state index contributed by atoms with van der Waals surface area (Å²) in [4.78, 5) is 25.5. The second kappa shape index (κ2) is 11.1. The van der Waals surface area contributed by atoms with Crippen LogP contribution in [0.5, 0.6) is 0 Å². The van der Waals surface area contributed by atoms with Crippen molar-refractivity contribution in [2.75, 3.05) is 19.8 Å². The Bertz CT molecular complexity index is 1040. The van der Waals surface area contributed by atoms with Gasteiger partial charge in [-0.15, -0.1) is 0 Å². The molecule has 2 bridgehead atoms. The van der Waals surface area contributed by atoms with E-state index in [2.05, 4.69) is 19.9 Å². The summed E-state index contributed by atoms with van der Waals surface area (Å²) in [5, 5.41) is 28.2. The van der Waals surface area contributed by atoms with Gasteiger partial charge in [-0.05, 0) is 40.0 Å². The number of fused-ring (bicyclic) bond motifs is 2. The molecule has 1 saturated carbocycles. The van der Waals surface area contributed by atoms with Crippen LogP contribution in [0.25, 0.3) is 0 Å². The summed E-state index contributed by atoms with van der Waals surface area (Å²) in [5.41, 5.74) is -0.0208. The average molecular weight is 533 g/mol. The molecule has 0 aromatic rings. The first-order chi connectivity index (χ1) is 18.0. The standard InChI is InChI=1S/C29H40O9/c1-18-9-11-28(16-35-26(34)14-19(2)10-12-30)23(13-18)37-24-15-22(27(28,4)29(24)17-36-29)38-25(33)8-6-5-7-21(32)20(3)31/h5-8,13-14,20-24,30-32H,9-12,15-17H2,1-4H3/b7-5+,8-6+,19-14+/t20-,21-,22-,23-,24-,27-,28-,29+/m1/s1. The van der Waals surface area contributed by atoms with Crippen LogP contribution < -0.4 is 0 Å². The van der Waals surface area contributed by atoms with Gasteiger partial charge in [0, 0.05) is 30.6 Å². The van der Waals surface area contributed by atoms with Gasteiger partial charge < -0.3 is 34.3 Å². The molecule has 0 amide bonds.